The van der Waals surface area contributed by atoms with Gasteiger partial charge in [-0.1, -0.05) is 12.1 Å². The zero-order chi connectivity index (χ0) is 11.4. The second-order valence-corrected chi connectivity index (χ2v) is 3.08. The summed E-state index contributed by atoms with van der Waals surface area (Å²) in [4.78, 5) is 18.1. The minimum atomic E-state index is -0.319. The highest BCUT2D eigenvalue weighted by molar-refractivity contribution is 6.03. The number of benzene rings is 1. The Balaban J connectivity index is 2.22. The van der Waals surface area contributed by atoms with Crippen LogP contribution in [0.2, 0.25) is 0 Å². The molecule has 1 heterocycles. The SMILES string of the molecule is N#Cc1ccccc1NC(=O)c1cnc[nH]1. The Morgan fingerprint density at radius 2 is 2.25 bits per heavy atom. The van der Waals surface area contributed by atoms with Crippen molar-refractivity contribution in [3.8, 4) is 6.07 Å². The molecule has 0 spiro atoms. The largest absolute Gasteiger partial charge is 0.341 e. The van der Waals surface area contributed by atoms with Crippen LogP contribution in [0.15, 0.2) is 36.8 Å². The van der Waals surface area contributed by atoms with E-state index in [1.165, 1.54) is 12.5 Å². The van der Waals surface area contributed by atoms with E-state index in [0.717, 1.165) is 0 Å². The molecule has 1 aromatic carbocycles. The van der Waals surface area contributed by atoms with E-state index in [2.05, 4.69) is 15.3 Å². The number of aromatic nitrogens is 2. The number of imidazole rings is 1. The highest BCUT2D eigenvalue weighted by Crippen LogP contribution is 2.14. The molecule has 0 atom stereocenters. The standard InChI is InChI=1S/C11H8N4O/c12-5-8-3-1-2-4-9(8)15-11(16)10-6-13-7-14-10/h1-4,6-7H,(H,13,14)(H,15,16). The molecule has 1 aromatic heterocycles. The highest BCUT2D eigenvalue weighted by atomic mass is 16.1. The summed E-state index contributed by atoms with van der Waals surface area (Å²) in [7, 11) is 0. The predicted molar refractivity (Wildman–Crippen MR) is 57.7 cm³/mol. The number of amides is 1. The quantitative estimate of drug-likeness (QED) is 0.792. The van der Waals surface area contributed by atoms with Crippen molar-refractivity contribution < 1.29 is 4.79 Å². The number of carbonyl (C=O) groups excluding carboxylic acids is 1. The zero-order valence-electron chi connectivity index (χ0n) is 8.27. The van der Waals surface area contributed by atoms with E-state index in [1.807, 2.05) is 6.07 Å². The lowest BCUT2D eigenvalue weighted by molar-refractivity contribution is 0.102. The van der Waals surface area contributed by atoms with Crippen LogP contribution >= 0.6 is 0 Å². The summed E-state index contributed by atoms with van der Waals surface area (Å²) < 4.78 is 0. The number of nitrogens with one attached hydrogen (secondary N) is 2. The average molecular weight is 212 g/mol. The minimum absolute atomic E-state index is 0.319. The van der Waals surface area contributed by atoms with Crippen LogP contribution < -0.4 is 5.32 Å². The van der Waals surface area contributed by atoms with Gasteiger partial charge in [0.2, 0.25) is 0 Å². The summed E-state index contributed by atoms with van der Waals surface area (Å²) in [5.74, 6) is -0.319. The van der Waals surface area contributed by atoms with Gasteiger partial charge in [0, 0.05) is 0 Å². The summed E-state index contributed by atoms with van der Waals surface area (Å²) in [5, 5.41) is 11.5. The van der Waals surface area contributed by atoms with Crippen molar-refractivity contribution in [3.63, 3.8) is 0 Å². The number of carbonyl (C=O) groups is 1. The van der Waals surface area contributed by atoms with Gasteiger partial charge in [-0.15, -0.1) is 0 Å². The van der Waals surface area contributed by atoms with Gasteiger partial charge in [-0.3, -0.25) is 4.79 Å². The summed E-state index contributed by atoms with van der Waals surface area (Å²) in [6.45, 7) is 0. The molecule has 16 heavy (non-hydrogen) atoms. The minimum Gasteiger partial charge on any atom is -0.341 e. The molecule has 0 saturated heterocycles. The van der Waals surface area contributed by atoms with Crippen LogP contribution in [0.3, 0.4) is 0 Å². The Morgan fingerprint density at radius 1 is 1.44 bits per heavy atom. The van der Waals surface area contributed by atoms with E-state index in [0.29, 0.717) is 16.9 Å². The maximum atomic E-state index is 11.7. The van der Waals surface area contributed by atoms with Crippen LogP contribution in [0.5, 0.6) is 0 Å². The molecule has 0 radical (unpaired) electrons. The molecule has 78 valence electrons. The van der Waals surface area contributed by atoms with E-state index in [4.69, 9.17) is 5.26 Å². The van der Waals surface area contributed by atoms with Crippen molar-refractivity contribution in [2.75, 3.05) is 5.32 Å². The molecule has 0 aliphatic heterocycles. The van der Waals surface area contributed by atoms with Gasteiger partial charge in [0.15, 0.2) is 0 Å². The van der Waals surface area contributed by atoms with Crippen LogP contribution in [-0.4, -0.2) is 15.9 Å². The number of hydrogen-bond donors (Lipinski definition) is 2. The third kappa shape index (κ3) is 1.91. The van der Waals surface area contributed by atoms with E-state index >= 15 is 0 Å². The molecule has 1 amide bonds. The number of H-pyrrole nitrogens is 1. The van der Waals surface area contributed by atoms with Crippen molar-refractivity contribution in [2.45, 2.75) is 0 Å². The smallest absolute Gasteiger partial charge is 0.273 e. The number of nitrogens with zero attached hydrogens (tertiary/aromatic N) is 2. The van der Waals surface area contributed by atoms with Crippen molar-refractivity contribution in [2.24, 2.45) is 0 Å². The molecule has 5 nitrogen and oxygen atoms in total. The second kappa shape index (κ2) is 4.28. The monoisotopic (exact) mass is 212 g/mol. The van der Waals surface area contributed by atoms with Crippen LogP contribution in [0.1, 0.15) is 16.1 Å². The summed E-state index contributed by atoms with van der Waals surface area (Å²) in [5.41, 5.74) is 1.27. The van der Waals surface area contributed by atoms with Gasteiger partial charge in [-0.2, -0.15) is 5.26 Å². The second-order valence-electron chi connectivity index (χ2n) is 3.08. The van der Waals surface area contributed by atoms with Crippen molar-refractivity contribution in [1.82, 2.24) is 9.97 Å². The molecule has 2 aromatic rings. The maximum Gasteiger partial charge on any atom is 0.273 e. The lowest BCUT2D eigenvalue weighted by atomic mass is 10.2. The molecule has 0 bridgehead atoms. The zero-order valence-corrected chi connectivity index (χ0v) is 8.27. The summed E-state index contributed by atoms with van der Waals surface area (Å²) in [6, 6.07) is 8.81. The van der Waals surface area contributed by atoms with Crippen molar-refractivity contribution in [3.05, 3.63) is 48.0 Å². The Hall–Kier alpha value is -2.61. The first-order chi connectivity index (χ1) is 7.81. The van der Waals surface area contributed by atoms with Gasteiger partial charge in [0.1, 0.15) is 11.8 Å². The van der Waals surface area contributed by atoms with Gasteiger partial charge < -0.3 is 10.3 Å². The molecule has 0 fully saturated rings. The van der Waals surface area contributed by atoms with E-state index in [9.17, 15) is 4.79 Å². The molecule has 0 aliphatic rings. The van der Waals surface area contributed by atoms with E-state index < -0.39 is 0 Å². The van der Waals surface area contributed by atoms with Gasteiger partial charge in [-0.25, -0.2) is 4.98 Å². The third-order valence-electron chi connectivity index (χ3n) is 2.04. The summed E-state index contributed by atoms with van der Waals surface area (Å²) in [6.07, 6.45) is 2.84. The number of rotatable bonds is 2. The van der Waals surface area contributed by atoms with Crippen LogP contribution in [0, 0.1) is 11.3 Å². The maximum absolute atomic E-state index is 11.7. The van der Waals surface area contributed by atoms with Gasteiger partial charge in [0.25, 0.3) is 5.91 Å². The first kappa shape index (κ1) is 9.93. The van der Waals surface area contributed by atoms with Gasteiger partial charge in [0.05, 0.1) is 23.8 Å². The molecule has 0 aliphatic carbocycles. The predicted octanol–water partition coefficient (Wildman–Crippen LogP) is 1.53. The molecule has 2 rings (SSSR count). The van der Waals surface area contributed by atoms with E-state index in [1.54, 1.807) is 24.3 Å². The number of hydrogen-bond acceptors (Lipinski definition) is 3. The lowest BCUT2D eigenvalue weighted by Crippen LogP contribution is -2.13. The number of aromatic amines is 1. The normalized spacial score (nSPS) is 9.44. The average Bonchev–Trinajstić information content (AvgIpc) is 2.83. The molecule has 0 unspecified atom stereocenters. The van der Waals surface area contributed by atoms with Crippen molar-refractivity contribution >= 4 is 11.6 Å². The Labute approximate surface area is 91.8 Å². The third-order valence-corrected chi connectivity index (χ3v) is 2.04. The Bertz CT molecular complexity index is 539. The summed E-state index contributed by atoms with van der Waals surface area (Å²) >= 11 is 0. The van der Waals surface area contributed by atoms with Crippen LogP contribution in [0.4, 0.5) is 5.69 Å². The van der Waals surface area contributed by atoms with Crippen LogP contribution in [0.25, 0.3) is 0 Å². The Morgan fingerprint density at radius 3 is 2.94 bits per heavy atom. The Kier molecular flexibility index (Phi) is 2.65. The van der Waals surface area contributed by atoms with Gasteiger partial charge >= 0.3 is 0 Å². The number of nitriles is 1. The van der Waals surface area contributed by atoms with Crippen molar-refractivity contribution in [1.29, 1.82) is 5.26 Å². The number of para-hydroxylation sites is 1. The first-order valence-corrected chi connectivity index (χ1v) is 4.60. The molecular formula is C11H8N4O. The van der Waals surface area contributed by atoms with Gasteiger partial charge in [-0.05, 0) is 12.1 Å². The molecule has 5 heteroatoms. The molecule has 2 N–H and O–H groups in total. The highest BCUT2D eigenvalue weighted by Gasteiger charge is 2.09. The fraction of sp³-hybridized carbons (Fsp3) is 0. The fourth-order valence-electron chi connectivity index (χ4n) is 1.26. The lowest BCUT2D eigenvalue weighted by Gasteiger charge is -2.04. The molecule has 0 saturated carbocycles. The van der Waals surface area contributed by atoms with Crippen LogP contribution in [-0.2, 0) is 0 Å². The topological polar surface area (TPSA) is 81.6 Å². The molecular weight excluding hydrogens is 204 g/mol. The first-order valence-electron chi connectivity index (χ1n) is 4.60. The fourth-order valence-corrected chi connectivity index (χ4v) is 1.26. The van der Waals surface area contributed by atoms with E-state index in [-0.39, 0.29) is 5.91 Å². The number of anilines is 1.